The number of Topliss-reactive ketones (excluding diaryl/α,β-unsaturated/α-hetero) is 1. The van der Waals surface area contributed by atoms with Crippen LogP contribution in [0.1, 0.15) is 49.3 Å². The third-order valence-electron chi connectivity index (χ3n) is 5.91. The fraction of sp³-hybridized carbons (Fsp3) is 0.333. The van der Waals surface area contributed by atoms with E-state index in [1.807, 2.05) is 19.9 Å². The molecular formula is C24H22Br2FN3OS. The van der Waals surface area contributed by atoms with Crippen LogP contribution >= 0.6 is 43.2 Å². The van der Waals surface area contributed by atoms with E-state index in [1.54, 1.807) is 28.4 Å². The second kappa shape index (κ2) is 8.44. The molecule has 1 unspecified atom stereocenters. The molecule has 4 nitrogen and oxygen atoms in total. The van der Waals surface area contributed by atoms with E-state index in [-0.39, 0.29) is 28.3 Å². The Morgan fingerprint density at radius 2 is 2.03 bits per heavy atom. The van der Waals surface area contributed by atoms with Crippen LogP contribution in [0.25, 0.3) is 0 Å². The van der Waals surface area contributed by atoms with E-state index < -0.39 is 11.7 Å². The van der Waals surface area contributed by atoms with Gasteiger partial charge in [-0.1, -0.05) is 36.7 Å². The molecular weight excluding hydrogens is 557 g/mol. The molecule has 4 rings (SSSR count). The van der Waals surface area contributed by atoms with Crippen molar-refractivity contribution in [1.82, 2.24) is 0 Å². The third kappa shape index (κ3) is 3.85. The molecule has 0 radical (unpaired) electrons. The summed E-state index contributed by atoms with van der Waals surface area (Å²) in [5.74, 6) is -0.875. The summed E-state index contributed by atoms with van der Waals surface area (Å²) in [6, 6.07) is 8.93. The van der Waals surface area contributed by atoms with Gasteiger partial charge in [0, 0.05) is 36.4 Å². The molecule has 0 saturated carbocycles. The SMILES string of the molecule is CCc1sc(C2C(C#N)=C(N)N(c3ccc(Br)cc3F)C3=C2C(=O)CC(C)(C)C3)cc1Br. The van der Waals surface area contributed by atoms with Gasteiger partial charge in [-0.2, -0.15) is 5.26 Å². The number of hydrogen-bond donors (Lipinski definition) is 1. The third-order valence-corrected chi connectivity index (χ3v) is 8.72. The maximum absolute atomic E-state index is 15.1. The first-order valence-electron chi connectivity index (χ1n) is 10.3. The van der Waals surface area contributed by atoms with Crippen LogP contribution in [0, 0.1) is 22.6 Å². The Hall–Kier alpha value is -1.95. The number of halogens is 3. The number of benzene rings is 1. The van der Waals surface area contributed by atoms with E-state index in [1.165, 1.54) is 6.07 Å². The van der Waals surface area contributed by atoms with Crippen molar-refractivity contribution in [2.75, 3.05) is 4.90 Å². The van der Waals surface area contributed by atoms with E-state index >= 15 is 4.39 Å². The van der Waals surface area contributed by atoms with Crippen molar-refractivity contribution >= 4 is 54.7 Å². The molecule has 8 heteroatoms. The van der Waals surface area contributed by atoms with E-state index in [4.69, 9.17) is 5.73 Å². The van der Waals surface area contributed by atoms with Crippen LogP contribution in [-0.2, 0) is 11.2 Å². The minimum atomic E-state index is -0.546. The molecule has 2 aliphatic rings. The molecule has 0 amide bonds. The Morgan fingerprint density at radius 1 is 1.31 bits per heavy atom. The van der Waals surface area contributed by atoms with Gasteiger partial charge in [-0.15, -0.1) is 11.3 Å². The van der Waals surface area contributed by atoms with Gasteiger partial charge in [0.2, 0.25) is 0 Å². The van der Waals surface area contributed by atoms with Crippen molar-refractivity contribution in [1.29, 1.82) is 5.26 Å². The lowest BCUT2D eigenvalue weighted by molar-refractivity contribution is -0.118. The van der Waals surface area contributed by atoms with Gasteiger partial charge in [0.05, 0.1) is 23.2 Å². The molecule has 2 aromatic rings. The predicted molar refractivity (Wildman–Crippen MR) is 133 cm³/mol. The summed E-state index contributed by atoms with van der Waals surface area (Å²) in [5, 5.41) is 10.1. The number of nitrogens with zero attached hydrogens (tertiary/aromatic N) is 2. The lowest BCUT2D eigenvalue weighted by Crippen LogP contribution is -2.42. The van der Waals surface area contributed by atoms with Crippen LogP contribution in [0.4, 0.5) is 10.1 Å². The standard InChI is InChI=1S/C24H22Br2FN3OS/c1-4-19-14(26)8-20(32-19)21-13(11-28)23(29)30(16-6-5-12(25)7-15(16)27)17-9-24(2,3)10-18(31)22(17)21/h5-8,21H,4,9-10,29H2,1-3H3. The number of nitrogens with two attached hydrogens (primary N) is 1. The Kier molecular flexibility index (Phi) is 6.12. The summed E-state index contributed by atoms with van der Waals surface area (Å²) in [4.78, 5) is 17.1. The summed E-state index contributed by atoms with van der Waals surface area (Å²) >= 11 is 8.47. The molecule has 1 aliphatic heterocycles. The first-order chi connectivity index (χ1) is 15.1. The second-order valence-corrected chi connectivity index (χ2v) is 11.8. The van der Waals surface area contributed by atoms with Gasteiger partial charge in [-0.25, -0.2) is 4.39 Å². The molecule has 0 spiro atoms. The topological polar surface area (TPSA) is 70.1 Å². The number of ketones is 1. The maximum Gasteiger partial charge on any atom is 0.162 e. The molecule has 32 heavy (non-hydrogen) atoms. The minimum Gasteiger partial charge on any atom is -0.384 e. The Balaban J connectivity index is 2.01. The van der Waals surface area contributed by atoms with Crippen molar-refractivity contribution in [3.05, 3.63) is 71.4 Å². The normalized spacial score (nSPS) is 20.5. The monoisotopic (exact) mass is 577 g/mol. The number of thiophene rings is 1. The molecule has 1 aromatic heterocycles. The molecule has 0 saturated heterocycles. The molecule has 0 bridgehead atoms. The smallest absolute Gasteiger partial charge is 0.162 e. The Labute approximate surface area is 207 Å². The minimum absolute atomic E-state index is 0.0217. The summed E-state index contributed by atoms with van der Waals surface area (Å²) in [6.45, 7) is 6.11. The fourth-order valence-corrected chi connectivity index (χ4v) is 6.91. The molecule has 0 fully saturated rings. The number of hydrogen-bond acceptors (Lipinski definition) is 5. The zero-order chi connectivity index (χ0) is 23.4. The number of allylic oxidation sites excluding steroid dienone is 3. The van der Waals surface area contributed by atoms with Crippen LogP contribution in [-0.4, -0.2) is 5.78 Å². The van der Waals surface area contributed by atoms with Gasteiger partial charge in [0.1, 0.15) is 11.6 Å². The predicted octanol–water partition coefficient (Wildman–Crippen LogP) is 6.92. The maximum atomic E-state index is 15.1. The highest BCUT2D eigenvalue weighted by atomic mass is 79.9. The van der Waals surface area contributed by atoms with E-state index in [9.17, 15) is 10.1 Å². The molecule has 1 atom stereocenters. The average molecular weight is 579 g/mol. The van der Waals surface area contributed by atoms with Crippen LogP contribution < -0.4 is 10.6 Å². The van der Waals surface area contributed by atoms with Crippen LogP contribution in [0.2, 0.25) is 0 Å². The number of anilines is 1. The first kappa shape index (κ1) is 23.2. The summed E-state index contributed by atoms with van der Waals surface area (Å²) in [6.07, 6.45) is 1.75. The summed E-state index contributed by atoms with van der Waals surface area (Å²) in [5.41, 5.74) is 8.00. The van der Waals surface area contributed by atoms with Crippen LogP contribution in [0.15, 0.2) is 55.9 Å². The highest BCUT2D eigenvalue weighted by Crippen LogP contribution is 2.52. The largest absolute Gasteiger partial charge is 0.384 e. The number of nitriles is 1. The zero-order valence-corrected chi connectivity index (χ0v) is 21.9. The van der Waals surface area contributed by atoms with E-state index in [0.29, 0.717) is 28.6 Å². The van der Waals surface area contributed by atoms with Gasteiger partial charge >= 0.3 is 0 Å². The number of rotatable bonds is 3. The van der Waals surface area contributed by atoms with E-state index in [2.05, 4.69) is 44.9 Å². The van der Waals surface area contributed by atoms with Gasteiger partial charge in [0.25, 0.3) is 0 Å². The van der Waals surface area contributed by atoms with Crippen LogP contribution in [0.5, 0.6) is 0 Å². The van der Waals surface area contributed by atoms with Gasteiger partial charge in [-0.05, 0) is 58.5 Å². The van der Waals surface area contributed by atoms with Crippen molar-refractivity contribution in [3.63, 3.8) is 0 Å². The number of carbonyl (C=O) groups is 1. The van der Waals surface area contributed by atoms with Crippen molar-refractivity contribution in [2.24, 2.45) is 11.1 Å². The zero-order valence-electron chi connectivity index (χ0n) is 17.9. The lowest BCUT2D eigenvalue weighted by Gasteiger charge is -2.43. The molecule has 2 heterocycles. The average Bonchev–Trinajstić information content (AvgIpc) is 3.07. The highest BCUT2D eigenvalue weighted by molar-refractivity contribution is 9.10. The summed E-state index contributed by atoms with van der Waals surface area (Å²) < 4.78 is 16.6. The van der Waals surface area contributed by atoms with Gasteiger partial charge < -0.3 is 5.73 Å². The Bertz CT molecular complexity index is 1240. The molecule has 1 aliphatic carbocycles. The number of carbonyl (C=O) groups excluding carboxylic acids is 1. The quantitative estimate of drug-likeness (QED) is 0.429. The van der Waals surface area contributed by atoms with Gasteiger partial charge in [0.15, 0.2) is 5.78 Å². The summed E-state index contributed by atoms with van der Waals surface area (Å²) in [7, 11) is 0. The van der Waals surface area contributed by atoms with Crippen molar-refractivity contribution < 1.29 is 9.18 Å². The van der Waals surface area contributed by atoms with Crippen molar-refractivity contribution in [2.45, 2.75) is 46.0 Å². The van der Waals surface area contributed by atoms with Gasteiger partial charge in [-0.3, -0.25) is 9.69 Å². The van der Waals surface area contributed by atoms with Crippen LogP contribution in [0.3, 0.4) is 0 Å². The molecule has 166 valence electrons. The second-order valence-electron chi connectivity index (χ2n) is 8.85. The highest BCUT2D eigenvalue weighted by Gasteiger charge is 2.45. The van der Waals surface area contributed by atoms with E-state index in [0.717, 1.165) is 20.6 Å². The first-order valence-corrected chi connectivity index (χ1v) is 12.7. The van der Waals surface area contributed by atoms with Crippen molar-refractivity contribution in [3.8, 4) is 6.07 Å². The molecule has 2 N–H and O–H groups in total. The lowest BCUT2D eigenvalue weighted by atomic mass is 9.69. The Morgan fingerprint density at radius 3 is 2.62 bits per heavy atom. The fourth-order valence-electron chi connectivity index (χ4n) is 4.54. The molecule has 1 aromatic carbocycles. The number of aryl methyl sites for hydroxylation is 1.